The van der Waals surface area contributed by atoms with E-state index in [0.717, 1.165) is 0 Å². The second-order valence-electron chi connectivity index (χ2n) is 1.79. The molecule has 1 aliphatic rings. The van der Waals surface area contributed by atoms with Crippen LogP contribution in [0.2, 0.25) is 0 Å². The molecule has 1 aliphatic heterocycles. The minimum atomic E-state index is -0.912. The number of hydrogen-bond acceptors (Lipinski definition) is 3. The smallest absolute Gasteiger partial charge is 0.180 e. The molecule has 3 heteroatoms. The molecule has 46 valence electrons. The molecule has 0 aromatic rings. The van der Waals surface area contributed by atoms with Gasteiger partial charge >= 0.3 is 0 Å². The SMILES string of the molecule is CC1=CC(O)OC1O. The van der Waals surface area contributed by atoms with Crippen LogP contribution in [-0.4, -0.2) is 22.8 Å². The molecule has 0 amide bonds. The van der Waals surface area contributed by atoms with Crippen LogP contribution in [0.3, 0.4) is 0 Å². The lowest BCUT2D eigenvalue weighted by atomic mass is 10.3. The van der Waals surface area contributed by atoms with Crippen molar-refractivity contribution >= 4 is 0 Å². The van der Waals surface area contributed by atoms with Gasteiger partial charge in [-0.2, -0.15) is 0 Å². The van der Waals surface area contributed by atoms with Gasteiger partial charge in [-0.15, -0.1) is 0 Å². The van der Waals surface area contributed by atoms with Crippen LogP contribution in [0.4, 0.5) is 0 Å². The third-order valence-electron chi connectivity index (χ3n) is 1.06. The predicted molar refractivity (Wildman–Crippen MR) is 26.9 cm³/mol. The summed E-state index contributed by atoms with van der Waals surface area (Å²) in [6.45, 7) is 1.70. The highest BCUT2D eigenvalue weighted by Crippen LogP contribution is 2.14. The van der Waals surface area contributed by atoms with Gasteiger partial charge in [0.2, 0.25) is 0 Å². The summed E-state index contributed by atoms with van der Waals surface area (Å²) < 4.78 is 4.49. The molecule has 0 saturated carbocycles. The van der Waals surface area contributed by atoms with Gasteiger partial charge in [0, 0.05) is 0 Å². The maximum atomic E-state index is 8.72. The van der Waals surface area contributed by atoms with Gasteiger partial charge in [0.15, 0.2) is 12.6 Å². The van der Waals surface area contributed by atoms with E-state index in [-0.39, 0.29) is 0 Å². The Bertz CT molecular complexity index is 119. The van der Waals surface area contributed by atoms with Crippen LogP contribution in [0.5, 0.6) is 0 Å². The van der Waals surface area contributed by atoms with Crippen LogP contribution >= 0.6 is 0 Å². The molecule has 0 spiro atoms. The van der Waals surface area contributed by atoms with E-state index in [2.05, 4.69) is 4.74 Å². The first-order chi connectivity index (χ1) is 3.70. The molecule has 0 saturated heterocycles. The van der Waals surface area contributed by atoms with E-state index in [0.29, 0.717) is 5.57 Å². The van der Waals surface area contributed by atoms with Crippen molar-refractivity contribution in [3.63, 3.8) is 0 Å². The molecule has 2 atom stereocenters. The molecule has 2 N–H and O–H groups in total. The molecule has 0 bridgehead atoms. The second kappa shape index (κ2) is 1.85. The zero-order valence-corrected chi connectivity index (χ0v) is 4.53. The van der Waals surface area contributed by atoms with Crippen LogP contribution in [0, 0.1) is 0 Å². The molecular weight excluding hydrogens is 108 g/mol. The Balaban J connectivity index is 2.59. The zero-order valence-electron chi connectivity index (χ0n) is 4.53. The first-order valence-electron chi connectivity index (χ1n) is 2.40. The molecular formula is C5H8O3. The summed E-state index contributed by atoms with van der Waals surface area (Å²) in [4.78, 5) is 0. The number of hydrogen-bond donors (Lipinski definition) is 2. The Kier molecular flexibility index (Phi) is 1.33. The maximum absolute atomic E-state index is 8.72. The largest absolute Gasteiger partial charge is 0.365 e. The van der Waals surface area contributed by atoms with Crippen molar-refractivity contribution in [3.8, 4) is 0 Å². The molecule has 0 aromatic heterocycles. The molecule has 1 heterocycles. The third kappa shape index (κ3) is 0.888. The minimum absolute atomic E-state index is 0.664. The molecule has 0 aliphatic carbocycles. The lowest BCUT2D eigenvalue weighted by Crippen LogP contribution is -2.11. The summed E-state index contributed by atoms with van der Waals surface area (Å²) in [7, 11) is 0. The monoisotopic (exact) mass is 116 g/mol. The number of aliphatic hydroxyl groups is 2. The van der Waals surface area contributed by atoms with Gasteiger partial charge in [-0.25, -0.2) is 0 Å². The van der Waals surface area contributed by atoms with Crippen molar-refractivity contribution in [2.24, 2.45) is 0 Å². The zero-order chi connectivity index (χ0) is 6.15. The predicted octanol–water partition coefficient (Wildman–Crippen LogP) is -0.400. The van der Waals surface area contributed by atoms with Crippen molar-refractivity contribution in [3.05, 3.63) is 11.6 Å². The fraction of sp³-hybridized carbons (Fsp3) is 0.600. The quantitative estimate of drug-likeness (QED) is 0.423. The standard InChI is InChI=1S/C5H8O3/c1-3-2-4(6)8-5(3)7/h2,4-7H,1H3. The molecule has 8 heavy (non-hydrogen) atoms. The van der Waals surface area contributed by atoms with Crippen molar-refractivity contribution in [2.75, 3.05) is 0 Å². The molecule has 1 rings (SSSR count). The number of rotatable bonds is 0. The normalized spacial score (nSPS) is 37.6. The Morgan fingerprint density at radius 3 is 2.38 bits per heavy atom. The summed E-state index contributed by atoms with van der Waals surface area (Å²) in [5, 5.41) is 17.3. The summed E-state index contributed by atoms with van der Waals surface area (Å²) in [5.74, 6) is 0. The van der Waals surface area contributed by atoms with Crippen LogP contribution < -0.4 is 0 Å². The van der Waals surface area contributed by atoms with Crippen molar-refractivity contribution in [2.45, 2.75) is 19.5 Å². The number of aliphatic hydroxyl groups excluding tert-OH is 2. The molecule has 3 nitrogen and oxygen atoms in total. The van der Waals surface area contributed by atoms with Gasteiger partial charge in [-0.3, -0.25) is 0 Å². The summed E-state index contributed by atoms with van der Waals surface area (Å²) in [5.41, 5.74) is 0.664. The fourth-order valence-electron chi connectivity index (χ4n) is 0.586. The Hall–Kier alpha value is -0.380. The van der Waals surface area contributed by atoms with Gasteiger partial charge in [0.05, 0.1) is 0 Å². The number of ether oxygens (including phenoxy) is 1. The van der Waals surface area contributed by atoms with E-state index in [9.17, 15) is 0 Å². The minimum Gasteiger partial charge on any atom is -0.365 e. The van der Waals surface area contributed by atoms with E-state index < -0.39 is 12.6 Å². The molecule has 0 fully saturated rings. The summed E-state index contributed by atoms with van der Waals surface area (Å²) >= 11 is 0. The fourth-order valence-corrected chi connectivity index (χ4v) is 0.586. The van der Waals surface area contributed by atoms with Crippen LogP contribution in [0.25, 0.3) is 0 Å². The first kappa shape index (κ1) is 5.75. The van der Waals surface area contributed by atoms with Crippen LogP contribution in [-0.2, 0) is 4.74 Å². The van der Waals surface area contributed by atoms with Crippen molar-refractivity contribution in [1.82, 2.24) is 0 Å². The molecule has 0 aromatic carbocycles. The van der Waals surface area contributed by atoms with Gasteiger partial charge < -0.3 is 14.9 Å². The van der Waals surface area contributed by atoms with E-state index >= 15 is 0 Å². The molecule has 2 unspecified atom stereocenters. The highest BCUT2D eigenvalue weighted by Gasteiger charge is 2.18. The Morgan fingerprint density at radius 1 is 1.62 bits per heavy atom. The maximum Gasteiger partial charge on any atom is 0.180 e. The Labute approximate surface area is 47.2 Å². The van der Waals surface area contributed by atoms with Crippen LogP contribution in [0.15, 0.2) is 11.6 Å². The molecule has 0 radical (unpaired) electrons. The lowest BCUT2D eigenvalue weighted by Gasteiger charge is -2.02. The van der Waals surface area contributed by atoms with Gasteiger partial charge in [-0.05, 0) is 18.6 Å². The summed E-state index contributed by atoms with van der Waals surface area (Å²) in [6.07, 6.45) is -0.347. The van der Waals surface area contributed by atoms with Gasteiger partial charge in [0.25, 0.3) is 0 Å². The van der Waals surface area contributed by atoms with Crippen molar-refractivity contribution in [1.29, 1.82) is 0 Å². The highest BCUT2D eigenvalue weighted by atomic mass is 16.7. The van der Waals surface area contributed by atoms with Crippen molar-refractivity contribution < 1.29 is 14.9 Å². The first-order valence-corrected chi connectivity index (χ1v) is 2.40. The summed E-state index contributed by atoms with van der Waals surface area (Å²) in [6, 6.07) is 0. The van der Waals surface area contributed by atoms with E-state index in [4.69, 9.17) is 10.2 Å². The van der Waals surface area contributed by atoms with Gasteiger partial charge in [-0.1, -0.05) is 0 Å². The average molecular weight is 116 g/mol. The second-order valence-corrected chi connectivity index (χ2v) is 1.79. The van der Waals surface area contributed by atoms with Gasteiger partial charge in [0.1, 0.15) is 0 Å². The average Bonchev–Trinajstić information content (AvgIpc) is 1.85. The third-order valence-corrected chi connectivity index (χ3v) is 1.06. The highest BCUT2D eigenvalue weighted by molar-refractivity contribution is 5.07. The lowest BCUT2D eigenvalue weighted by molar-refractivity contribution is -0.150. The topological polar surface area (TPSA) is 49.7 Å². The van der Waals surface area contributed by atoms with E-state index in [1.54, 1.807) is 6.92 Å². The van der Waals surface area contributed by atoms with E-state index in [1.165, 1.54) is 6.08 Å². The Morgan fingerprint density at radius 2 is 2.25 bits per heavy atom. The van der Waals surface area contributed by atoms with Crippen LogP contribution in [0.1, 0.15) is 6.92 Å². The van der Waals surface area contributed by atoms with E-state index in [1.807, 2.05) is 0 Å².